The van der Waals surface area contributed by atoms with Crippen LogP contribution < -0.4 is 10.6 Å². The molecule has 0 fully saturated rings. The van der Waals surface area contributed by atoms with E-state index in [1.54, 1.807) is 6.07 Å². The van der Waals surface area contributed by atoms with Gasteiger partial charge in [-0.1, -0.05) is 60.7 Å². The predicted octanol–water partition coefficient (Wildman–Crippen LogP) is 4.23. The maximum absolute atomic E-state index is 12.7. The lowest BCUT2D eigenvalue weighted by molar-refractivity contribution is -0.119. The highest BCUT2D eigenvalue weighted by atomic mass is 32.1. The molecule has 2 aromatic carbocycles. The van der Waals surface area contributed by atoms with E-state index in [-0.39, 0.29) is 11.8 Å². The molecular formula is C25H24N4O2S. The molecule has 4 aromatic rings. The lowest BCUT2D eigenvalue weighted by Crippen LogP contribution is -2.22. The van der Waals surface area contributed by atoms with Crippen LogP contribution in [0.5, 0.6) is 0 Å². The first-order valence-electron chi connectivity index (χ1n) is 10.4. The number of hydrogen-bond acceptors (Lipinski definition) is 4. The topological polar surface area (TPSA) is 76.0 Å². The van der Waals surface area contributed by atoms with E-state index in [9.17, 15) is 9.59 Å². The summed E-state index contributed by atoms with van der Waals surface area (Å²) in [7, 11) is 0. The van der Waals surface area contributed by atoms with Gasteiger partial charge in [-0.25, -0.2) is 0 Å². The van der Waals surface area contributed by atoms with Crippen LogP contribution in [0.25, 0.3) is 11.3 Å². The summed E-state index contributed by atoms with van der Waals surface area (Å²) in [6.45, 7) is 2.93. The molecule has 0 saturated carbocycles. The molecule has 0 aliphatic heterocycles. The molecule has 2 heterocycles. The third kappa shape index (κ3) is 5.50. The summed E-state index contributed by atoms with van der Waals surface area (Å²) in [5, 5.41) is 10.6. The van der Waals surface area contributed by atoms with Gasteiger partial charge in [0.1, 0.15) is 0 Å². The number of benzene rings is 2. The Morgan fingerprint density at radius 3 is 2.34 bits per heavy atom. The highest BCUT2D eigenvalue weighted by molar-refractivity contribution is 7.14. The average molecular weight is 445 g/mol. The molecule has 7 heteroatoms. The molecular weight excluding hydrogens is 420 g/mol. The van der Waals surface area contributed by atoms with E-state index < -0.39 is 0 Å². The van der Waals surface area contributed by atoms with Crippen molar-refractivity contribution in [3.63, 3.8) is 0 Å². The van der Waals surface area contributed by atoms with Crippen LogP contribution in [-0.2, 0) is 24.4 Å². The Labute approximate surface area is 190 Å². The largest absolute Gasteiger partial charge is 0.351 e. The monoisotopic (exact) mass is 444 g/mol. The molecule has 0 atom stereocenters. The molecule has 32 heavy (non-hydrogen) atoms. The molecule has 0 saturated heterocycles. The molecule has 2 aromatic heterocycles. The fourth-order valence-corrected chi connectivity index (χ4v) is 4.22. The van der Waals surface area contributed by atoms with Gasteiger partial charge in [-0.2, -0.15) is 5.10 Å². The SMILES string of the molecule is CC(=O)NCc1ccc(C(=O)NCc2cn(Cc3ccccc3)nc2-c2ccccc2)s1. The van der Waals surface area contributed by atoms with Crippen LogP contribution in [0.1, 0.15) is 32.6 Å². The van der Waals surface area contributed by atoms with Crippen molar-refractivity contribution < 1.29 is 9.59 Å². The summed E-state index contributed by atoms with van der Waals surface area (Å²) in [5.74, 6) is -0.232. The number of amides is 2. The molecule has 162 valence electrons. The second-order valence-electron chi connectivity index (χ2n) is 7.41. The Morgan fingerprint density at radius 2 is 1.62 bits per heavy atom. The lowest BCUT2D eigenvalue weighted by atomic mass is 10.1. The van der Waals surface area contributed by atoms with Gasteiger partial charge in [0.2, 0.25) is 5.91 Å². The van der Waals surface area contributed by atoms with E-state index >= 15 is 0 Å². The number of rotatable bonds is 8. The van der Waals surface area contributed by atoms with Gasteiger partial charge >= 0.3 is 0 Å². The normalized spacial score (nSPS) is 10.7. The Morgan fingerprint density at radius 1 is 0.906 bits per heavy atom. The number of thiophene rings is 1. The van der Waals surface area contributed by atoms with E-state index in [0.717, 1.165) is 27.3 Å². The van der Waals surface area contributed by atoms with Gasteiger partial charge in [-0.05, 0) is 17.7 Å². The second-order valence-corrected chi connectivity index (χ2v) is 8.58. The zero-order valence-corrected chi connectivity index (χ0v) is 18.6. The van der Waals surface area contributed by atoms with Crippen LogP contribution in [0.4, 0.5) is 0 Å². The first-order valence-corrected chi connectivity index (χ1v) is 11.2. The summed E-state index contributed by atoms with van der Waals surface area (Å²) in [4.78, 5) is 25.3. The number of carbonyl (C=O) groups is 2. The van der Waals surface area contributed by atoms with Crippen molar-refractivity contribution in [3.05, 3.63) is 99.9 Å². The molecule has 0 spiro atoms. The third-order valence-corrected chi connectivity index (χ3v) is 5.99. The van der Waals surface area contributed by atoms with Gasteiger partial charge in [-0.3, -0.25) is 14.3 Å². The predicted molar refractivity (Wildman–Crippen MR) is 126 cm³/mol. The summed E-state index contributed by atoms with van der Waals surface area (Å²) in [5.41, 5.74) is 3.99. The lowest BCUT2D eigenvalue weighted by Gasteiger charge is -2.04. The van der Waals surface area contributed by atoms with Crippen LogP contribution in [0.15, 0.2) is 79.0 Å². The van der Waals surface area contributed by atoms with Crippen LogP contribution in [0.2, 0.25) is 0 Å². The minimum absolute atomic E-state index is 0.0923. The Hall–Kier alpha value is -3.71. The number of hydrogen-bond donors (Lipinski definition) is 2. The van der Waals surface area contributed by atoms with E-state index in [1.165, 1.54) is 18.3 Å². The smallest absolute Gasteiger partial charge is 0.261 e. The van der Waals surface area contributed by atoms with Gasteiger partial charge in [0.25, 0.3) is 5.91 Å². The van der Waals surface area contributed by atoms with Crippen LogP contribution >= 0.6 is 11.3 Å². The average Bonchev–Trinajstić information content (AvgIpc) is 3.44. The van der Waals surface area contributed by atoms with E-state index in [2.05, 4.69) is 22.8 Å². The zero-order valence-electron chi connectivity index (χ0n) is 17.7. The summed E-state index contributed by atoms with van der Waals surface area (Å²) in [6.07, 6.45) is 1.99. The maximum Gasteiger partial charge on any atom is 0.261 e. The van der Waals surface area contributed by atoms with Crippen LogP contribution in [0.3, 0.4) is 0 Å². The first kappa shape index (κ1) is 21.5. The fourth-order valence-electron chi connectivity index (χ4n) is 3.35. The fraction of sp³-hybridized carbons (Fsp3) is 0.160. The maximum atomic E-state index is 12.7. The van der Waals surface area contributed by atoms with E-state index in [4.69, 9.17) is 5.10 Å². The number of nitrogens with one attached hydrogen (secondary N) is 2. The molecule has 0 radical (unpaired) electrons. The van der Waals surface area contributed by atoms with E-state index in [0.29, 0.717) is 24.5 Å². The highest BCUT2D eigenvalue weighted by Crippen LogP contribution is 2.23. The van der Waals surface area contributed by atoms with Crippen molar-refractivity contribution in [3.8, 4) is 11.3 Å². The number of carbonyl (C=O) groups excluding carboxylic acids is 2. The second kappa shape index (κ2) is 10.1. The molecule has 6 nitrogen and oxygen atoms in total. The molecule has 0 bridgehead atoms. The van der Waals surface area contributed by atoms with Gasteiger partial charge in [0.15, 0.2) is 0 Å². The van der Waals surface area contributed by atoms with Crippen LogP contribution in [0, 0.1) is 0 Å². The van der Waals surface area contributed by atoms with Gasteiger partial charge < -0.3 is 10.6 Å². The quantitative estimate of drug-likeness (QED) is 0.427. The first-order chi connectivity index (χ1) is 15.6. The van der Waals surface area contributed by atoms with Crippen molar-refractivity contribution in [2.75, 3.05) is 0 Å². The van der Waals surface area contributed by atoms with Crippen molar-refractivity contribution in [1.29, 1.82) is 0 Å². The Balaban J connectivity index is 1.49. The molecule has 2 amide bonds. The van der Waals surface area contributed by atoms with Crippen molar-refractivity contribution in [2.24, 2.45) is 0 Å². The molecule has 0 aliphatic rings. The summed E-state index contributed by atoms with van der Waals surface area (Å²) in [6, 6.07) is 23.8. The van der Waals surface area contributed by atoms with Crippen molar-refractivity contribution in [1.82, 2.24) is 20.4 Å². The van der Waals surface area contributed by atoms with Gasteiger partial charge in [-0.15, -0.1) is 11.3 Å². The van der Waals surface area contributed by atoms with Crippen molar-refractivity contribution in [2.45, 2.75) is 26.6 Å². The van der Waals surface area contributed by atoms with Crippen molar-refractivity contribution >= 4 is 23.2 Å². The minimum Gasteiger partial charge on any atom is -0.351 e. The summed E-state index contributed by atoms with van der Waals surface area (Å²) >= 11 is 1.38. The standard InChI is InChI=1S/C25H24N4O2S/c1-18(30)26-15-22-12-13-23(32-22)25(31)27-14-21-17-29(16-19-8-4-2-5-9-19)28-24(21)20-10-6-3-7-11-20/h2-13,17H,14-16H2,1H3,(H,26,30)(H,27,31). The molecule has 4 rings (SSSR count). The Kier molecular flexibility index (Phi) is 6.77. The molecule has 2 N–H and O–H groups in total. The molecule has 0 unspecified atom stereocenters. The Bertz CT molecular complexity index is 1200. The number of nitrogens with zero attached hydrogens (tertiary/aromatic N) is 2. The van der Waals surface area contributed by atoms with E-state index in [1.807, 2.05) is 65.5 Å². The van der Waals surface area contributed by atoms with Gasteiger partial charge in [0.05, 0.1) is 23.7 Å². The molecule has 0 aliphatic carbocycles. The summed E-state index contributed by atoms with van der Waals surface area (Å²) < 4.78 is 1.91. The minimum atomic E-state index is -0.140. The number of aromatic nitrogens is 2. The zero-order chi connectivity index (χ0) is 22.3. The third-order valence-electron chi connectivity index (χ3n) is 4.91. The highest BCUT2D eigenvalue weighted by Gasteiger charge is 2.14. The van der Waals surface area contributed by atoms with Crippen LogP contribution in [-0.4, -0.2) is 21.6 Å². The van der Waals surface area contributed by atoms with Gasteiger partial charge in [0, 0.05) is 35.7 Å².